The number of carboxylic acid groups (broad SMARTS) is 1. The zero-order valence-electron chi connectivity index (χ0n) is 14.4. The molecule has 0 atom stereocenters. The third-order valence-electron chi connectivity index (χ3n) is 4.44. The number of anilines is 1. The second kappa shape index (κ2) is 8.47. The highest BCUT2D eigenvalue weighted by Gasteiger charge is 2.04. The number of hydrogen-bond donors (Lipinski definition) is 2. The van der Waals surface area contributed by atoms with E-state index in [1.54, 1.807) is 0 Å². The lowest BCUT2D eigenvalue weighted by Crippen LogP contribution is -2.02. The molecule has 4 nitrogen and oxygen atoms in total. The van der Waals surface area contributed by atoms with Crippen molar-refractivity contribution in [2.45, 2.75) is 38.5 Å². The minimum Gasteiger partial charge on any atom is -0.481 e. The van der Waals surface area contributed by atoms with Crippen LogP contribution in [0.3, 0.4) is 0 Å². The van der Waals surface area contributed by atoms with Gasteiger partial charge in [0.25, 0.3) is 0 Å². The predicted octanol–water partition coefficient (Wildman–Crippen LogP) is 5.23. The molecule has 0 saturated heterocycles. The highest BCUT2D eigenvalue weighted by molar-refractivity contribution is 5.99. The van der Waals surface area contributed by atoms with E-state index in [1.807, 2.05) is 24.3 Å². The lowest BCUT2D eigenvalue weighted by Gasteiger charge is -2.10. The molecule has 0 aliphatic heterocycles. The Balaban J connectivity index is 1.55. The number of aromatic nitrogens is 1. The maximum atomic E-state index is 10.5. The molecule has 2 N–H and O–H groups in total. The van der Waals surface area contributed by atoms with Gasteiger partial charge in [-0.15, -0.1) is 0 Å². The molecule has 0 fully saturated rings. The minimum absolute atomic E-state index is 0.287. The van der Waals surface area contributed by atoms with Crippen LogP contribution in [-0.2, 0) is 4.79 Å². The van der Waals surface area contributed by atoms with Gasteiger partial charge in [0.15, 0.2) is 0 Å². The van der Waals surface area contributed by atoms with Gasteiger partial charge in [-0.3, -0.25) is 4.79 Å². The second-order valence-electron chi connectivity index (χ2n) is 6.39. The van der Waals surface area contributed by atoms with E-state index in [-0.39, 0.29) is 6.42 Å². The summed E-state index contributed by atoms with van der Waals surface area (Å²) in [6.07, 6.45) is 5.37. The first-order chi connectivity index (χ1) is 12.2. The molecule has 0 aliphatic carbocycles. The van der Waals surface area contributed by atoms with Crippen molar-refractivity contribution < 1.29 is 9.90 Å². The molecule has 0 bridgehead atoms. The van der Waals surface area contributed by atoms with Crippen LogP contribution in [0, 0.1) is 0 Å². The normalized spacial score (nSPS) is 11.0. The Bertz CT molecular complexity index is 861. The highest BCUT2D eigenvalue weighted by Crippen LogP contribution is 2.26. The molecule has 2 aromatic carbocycles. The summed E-state index contributed by atoms with van der Waals surface area (Å²) in [5, 5.41) is 14.5. The van der Waals surface area contributed by atoms with E-state index in [9.17, 15) is 4.79 Å². The first-order valence-corrected chi connectivity index (χ1v) is 8.98. The number of pyridine rings is 1. The van der Waals surface area contributed by atoms with Gasteiger partial charge in [0, 0.05) is 29.4 Å². The summed E-state index contributed by atoms with van der Waals surface area (Å²) < 4.78 is 0. The van der Waals surface area contributed by atoms with Crippen molar-refractivity contribution in [2.75, 3.05) is 11.9 Å². The van der Waals surface area contributed by atoms with Crippen molar-refractivity contribution in [1.29, 1.82) is 0 Å². The van der Waals surface area contributed by atoms with E-state index in [4.69, 9.17) is 10.1 Å². The molecule has 0 spiro atoms. The molecule has 25 heavy (non-hydrogen) atoms. The Morgan fingerprint density at radius 2 is 1.68 bits per heavy atom. The fourth-order valence-corrected chi connectivity index (χ4v) is 3.11. The van der Waals surface area contributed by atoms with Crippen LogP contribution in [0.2, 0.25) is 0 Å². The fourth-order valence-electron chi connectivity index (χ4n) is 3.11. The summed E-state index contributed by atoms with van der Waals surface area (Å²) in [4.78, 5) is 15.2. The van der Waals surface area contributed by atoms with Crippen LogP contribution < -0.4 is 5.32 Å². The van der Waals surface area contributed by atoms with Crippen LogP contribution in [0.4, 0.5) is 5.69 Å². The molecule has 1 aromatic heterocycles. The number of nitrogens with one attached hydrogen (secondary N) is 1. The Morgan fingerprint density at radius 3 is 2.56 bits per heavy atom. The molecule has 0 amide bonds. The number of nitrogens with zero attached hydrogens (tertiary/aromatic N) is 1. The largest absolute Gasteiger partial charge is 0.481 e. The summed E-state index contributed by atoms with van der Waals surface area (Å²) in [7, 11) is 0. The van der Waals surface area contributed by atoms with Gasteiger partial charge >= 0.3 is 5.97 Å². The average molecular weight is 336 g/mol. The number of carbonyl (C=O) groups is 1. The van der Waals surface area contributed by atoms with E-state index >= 15 is 0 Å². The lowest BCUT2D eigenvalue weighted by molar-refractivity contribution is -0.137. The van der Waals surface area contributed by atoms with Crippen LogP contribution in [0.5, 0.6) is 0 Å². The number of aliphatic carboxylic acids is 1. The summed E-state index contributed by atoms with van der Waals surface area (Å²) in [6, 6.07) is 16.6. The maximum absolute atomic E-state index is 10.5. The average Bonchev–Trinajstić information content (AvgIpc) is 2.62. The van der Waals surface area contributed by atoms with E-state index < -0.39 is 5.97 Å². The van der Waals surface area contributed by atoms with Gasteiger partial charge in [-0.2, -0.15) is 0 Å². The summed E-state index contributed by atoms with van der Waals surface area (Å²) in [6.45, 7) is 0.921. The number of fused-ring (bicyclic) bond motifs is 2. The number of para-hydroxylation sites is 1. The van der Waals surface area contributed by atoms with Crippen LogP contribution in [0.1, 0.15) is 38.5 Å². The van der Waals surface area contributed by atoms with Crippen molar-refractivity contribution in [2.24, 2.45) is 0 Å². The van der Waals surface area contributed by atoms with Crippen molar-refractivity contribution >= 4 is 33.5 Å². The molecular formula is C21H24N2O2. The van der Waals surface area contributed by atoms with Crippen LogP contribution in [0.15, 0.2) is 48.5 Å². The van der Waals surface area contributed by atoms with Gasteiger partial charge in [-0.1, -0.05) is 43.5 Å². The van der Waals surface area contributed by atoms with Gasteiger partial charge in [-0.05, 0) is 37.1 Å². The van der Waals surface area contributed by atoms with Crippen molar-refractivity contribution in [1.82, 2.24) is 4.98 Å². The van der Waals surface area contributed by atoms with E-state index in [1.165, 1.54) is 0 Å². The quantitative estimate of drug-likeness (QED) is 0.415. The first kappa shape index (κ1) is 17.2. The number of rotatable bonds is 9. The Morgan fingerprint density at radius 1 is 0.920 bits per heavy atom. The summed E-state index contributed by atoms with van der Waals surface area (Å²) in [5.74, 6) is -0.696. The number of carboxylic acids is 1. The number of unbranched alkanes of at least 4 members (excludes halogenated alkanes) is 4. The molecule has 130 valence electrons. The summed E-state index contributed by atoms with van der Waals surface area (Å²) in [5.41, 5.74) is 3.16. The highest BCUT2D eigenvalue weighted by atomic mass is 16.4. The Kier molecular flexibility index (Phi) is 5.83. The first-order valence-electron chi connectivity index (χ1n) is 8.98. The summed E-state index contributed by atoms with van der Waals surface area (Å²) >= 11 is 0. The molecule has 0 saturated carbocycles. The number of benzene rings is 2. The smallest absolute Gasteiger partial charge is 0.303 e. The van der Waals surface area contributed by atoms with Crippen LogP contribution in [-0.4, -0.2) is 22.6 Å². The molecule has 0 aliphatic rings. The van der Waals surface area contributed by atoms with E-state index in [2.05, 4.69) is 29.6 Å². The van der Waals surface area contributed by atoms with Crippen LogP contribution in [0.25, 0.3) is 21.8 Å². The maximum Gasteiger partial charge on any atom is 0.303 e. The second-order valence-corrected chi connectivity index (χ2v) is 6.39. The predicted molar refractivity (Wildman–Crippen MR) is 103 cm³/mol. The molecule has 0 radical (unpaired) electrons. The molecule has 3 aromatic rings. The van der Waals surface area contributed by atoms with Gasteiger partial charge in [-0.25, -0.2) is 4.98 Å². The van der Waals surface area contributed by atoms with E-state index in [0.29, 0.717) is 0 Å². The molecule has 0 unspecified atom stereocenters. The lowest BCUT2D eigenvalue weighted by atomic mass is 10.1. The minimum atomic E-state index is -0.696. The zero-order chi connectivity index (χ0) is 17.5. The third kappa shape index (κ3) is 4.69. The van der Waals surface area contributed by atoms with Gasteiger partial charge in [0.05, 0.1) is 11.0 Å². The van der Waals surface area contributed by atoms with Crippen molar-refractivity contribution in [3.8, 4) is 0 Å². The van der Waals surface area contributed by atoms with Gasteiger partial charge < -0.3 is 10.4 Å². The standard InChI is InChI=1S/C21H24N2O2/c24-21(25)13-4-2-1-3-7-14-22-19-11-8-12-20-17(19)15-16-9-5-6-10-18(16)23-20/h5-6,8-12,15,22H,1-4,7,13-14H2,(H,24,25). The molecule has 3 rings (SSSR count). The zero-order valence-corrected chi connectivity index (χ0v) is 14.4. The van der Waals surface area contributed by atoms with Gasteiger partial charge in [0.2, 0.25) is 0 Å². The third-order valence-corrected chi connectivity index (χ3v) is 4.44. The monoisotopic (exact) mass is 336 g/mol. The fraction of sp³-hybridized carbons (Fsp3) is 0.333. The number of hydrogen-bond acceptors (Lipinski definition) is 3. The van der Waals surface area contributed by atoms with Crippen molar-refractivity contribution in [3.05, 3.63) is 48.5 Å². The topological polar surface area (TPSA) is 62.2 Å². The molecule has 1 heterocycles. The van der Waals surface area contributed by atoms with Gasteiger partial charge in [0.1, 0.15) is 0 Å². The Labute approximate surface area is 147 Å². The van der Waals surface area contributed by atoms with E-state index in [0.717, 1.165) is 66.1 Å². The van der Waals surface area contributed by atoms with Crippen LogP contribution >= 0.6 is 0 Å². The molecule has 4 heteroatoms. The molecular weight excluding hydrogens is 312 g/mol. The Hall–Kier alpha value is -2.62. The SMILES string of the molecule is O=C(O)CCCCCCCNc1cccc2nc3ccccc3cc12. The van der Waals surface area contributed by atoms with Crippen molar-refractivity contribution in [3.63, 3.8) is 0 Å².